The zero-order valence-corrected chi connectivity index (χ0v) is 16.8. The van der Waals surface area contributed by atoms with Crippen molar-refractivity contribution < 1.29 is 0 Å². The van der Waals surface area contributed by atoms with Crippen molar-refractivity contribution in [3.05, 3.63) is 42.7 Å². The van der Waals surface area contributed by atoms with Crippen LogP contribution < -0.4 is 5.32 Å². The number of unbranched alkanes of at least 4 members (excludes halogenated alkanes) is 3. The predicted octanol–water partition coefficient (Wildman–Crippen LogP) is 3.89. The van der Waals surface area contributed by atoms with E-state index < -0.39 is 0 Å². The maximum atomic E-state index is 4.70. The first-order chi connectivity index (χ1) is 10.8. The van der Waals surface area contributed by atoms with Crippen LogP contribution in [0.1, 0.15) is 38.3 Å². The van der Waals surface area contributed by atoms with Crippen LogP contribution in [0.4, 0.5) is 0 Å². The molecule has 0 amide bonds. The first-order valence-corrected chi connectivity index (χ1v) is 8.28. The third kappa shape index (κ3) is 10.3. The average Bonchev–Trinajstić information content (AvgIpc) is 2.54. The lowest BCUT2D eigenvalue weighted by Crippen LogP contribution is -2.39. The highest BCUT2D eigenvalue weighted by molar-refractivity contribution is 14.0. The quantitative estimate of drug-likeness (QED) is 0.201. The summed E-state index contributed by atoms with van der Waals surface area (Å²) >= 11 is 0. The third-order valence-corrected chi connectivity index (χ3v) is 3.45. The Morgan fingerprint density at radius 2 is 2.17 bits per heavy atom. The maximum absolute atomic E-state index is 4.70. The van der Waals surface area contributed by atoms with E-state index in [4.69, 9.17) is 4.99 Å². The number of halogens is 1. The lowest BCUT2D eigenvalue weighted by molar-refractivity contribution is 0.455. The molecule has 0 aliphatic heterocycles. The molecule has 0 aliphatic rings. The van der Waals surface area contributed by atoms with Gasteiger partial charge in [0.25, 0.3) is 0 Å². The molecule has 0 aromatic carbocycles. The van der Waals surface area contributed by atoms with Gasteiger partial charge in [0.05, 0.1) is 0 Å². The Hall–Kier alpha value is -1.11. The fraction of sp³-hybridized carbons (Fsp3) is 0.556. The summed E-state index contributed by atoms with van der Waals surface area (Å²) in [6.07, 6.45) is 9.47. The molecule has 0 fully saturated rings. The van der Waals surface area contributed by atoms with E-state index in [1.807, 2.05) is 30.5 Å². The zero-order chi connectivity index (χ0) is 16.0. The highest BCUT2D eigenvalue weighted by Crippen LogP contribution is 2.02. The number of pyridine rings is 1. The molecule has 0 radical (unpaired) electrons. The number of guanidine groups is 1. The Balaban J connectivity index is 0.00000484. The SMILES string of the molecule is C=CCCCCCN(C)C(=NCCc1ccccn1)NCC.I. The van der Waals surface area contributed by atoms with Gasteiger partial charge in [0, 0.05) is 45.0 Å². The normalized spacial score (nSPS) is 10.8. The summed E-state index contributed by atoms with van der Waals surface area (Å²) in [4.78, 5) is 11.3. The molecule has 0 saturated carbocycles. The van der Waals surface area contributed by atoms with Crippen LogP contribution in [-0.2, 0) is 6.42 Å². The van der Waals surface area contributed by atoms with Gasteiger partial charge in [0.1, 0.15) is 0 Å². The molecule has 1 aromatic rings. The molecular weight excluding hydrogens is 399 g/mol. The van der Waals surface area contributed by atoms with E-state index in [9.17, 15) is 0 Å². The molecule has 130 valence electrons. The highest BCUT2D eigenvalue weighted by atomic mass is 127. The minimum atomic E-state index is 0. The Kier molecular flexibility index (Phi) is 13.8. The van der Waals surface area contributed by atoms with Crippen LogP contribution in [0, 0.1) is 0 Å². The van der Waals surface area contributed by atoms with Crippen LogP contribution >= 0.6 is 24.0 Å². The third-order valence-electron chi connectivity index (χ3n) is 3.45. The monoisotopic (exact) mass is 430 g/mol. The van der Waals surface area contributed by atoms with Crippen molar-refractivity contribution in [2.75, 3.05) is 26.7 Å². The van der Waals surface area contributed by atoms with Crippen molar-refractivity contribution in [1.29, 1.82) is 0 Å². The topological polar surface area (TPSA) is 40.5 Å². The zero-order valence-electron chi connectivity index (χ0n) is 14.5. The lowest BCUT2D eigenvalue weighted by Gasteiger charge is -2.22. The van der Waals surface area contributed by atoms with E-state index in [1.165, 1.54) is 19.3 Å². The summed E-state index contributed by atoms with van der Waals surface area (Å²) in [5, 5.41) is 3.36. The second kappa shape index (κ2) is 14.5. The molecule has 0 aliphatic carbocycles. The highest BCUT2D eigenvalue weighted by Gasteiger charge is 2.04. The number of hydrogen-bond donors (Lipinski definition) is 1. The van der Waals surface area contributed by atoms with Crippen molar-refractivity contribution in [1.82, 2.24) is 15.2 Å². The number of allylic oxidation sites excluding steroid dienone is 1. The lowest BCUT2D eigenvalue weighted by atomic mass is 10.2. The standard InChI is InChI=1S/C18H30N4.HI/c1-4-6-7-8-11-16-22(3)18(19-5-2)21-15-13-17-12-9-10-14-20-17;/h4,9-10,12,14H,1,5-8,11,13,15-16H2,2-3H3,(H,19,21);1H. The van der Waals surface area contributed by atoms with Gasteiger partial charge in [0.15, 0.2) is 5.96 Å². The van der Waals surface area contributed by atoms with E-state index in [-0.39, 0.29) is 24.0 Å². The number of aromatic nitrogens is 1. The molecule has 1 N–H and O–H groups in total. The van der Waals surface area contributed by atoms with Gasteiger partial charge < -0.3 is 10.2 Å². The van der Waals surface area contributed by atoms with Crippen LogP contribution in [0.25, 0.3) is 0 Å². The van der Waals surface area contributed by atoms with Gasteiger partial charge in [-0.2, -0.15) is 0 Å². The molecule has 0 saturated heterocycles. The van der Waals surface area contributed by atoms with Crippen LogP contribution in [0.5, 0.6) is 0 Å². The average molecular weight is 430 g/mol. The van der Waals surface area contributed by atoms with Crippen molar-refractivity contribution in [2.24, 2.45) is 4.99 Å². The molecule has 5 heteroatoms. The number of nitrogens with one attached hydrogen (secondary N) is 1. The Bertz CT molecular complexity index is 434. The molecule has 0 atom stereocenters. The summed E-state index contributed by atoms with van der Waals surface area (Å²) in [5.74, 6) is 0.988. The Morgan fingerprint density at radius 3 is 2.83 bits per heavy atom. The van der Waals surface area contributed by atoms with Gasteiger partial charge in [-0.15, -0.1) is 30.6 Å². The van der Waals surface area contributed by atoms with Crippen molar-refractivity contribution in [3.63, 3.8) is 0 Å². The number of aliphatic imine (C=N–C) groups is 1. The van der Waals surface area contributed by atoms with Crippen LogP contribution in [0.3, 0.4) is 0 Å². The van der Waals surface area contributed by atoms with Gasteiger partial charge in [-0.25, -0.2) is 0 Å². The first-order valence-electron chi connectivity index (χ1n) is 8.28. The Labute approximate surface area is 158 Å². The van der Waals surface area contributed by atoms with Crippen LogP contribution in [-0.4, -0.2) is 42.5 Å². The maximum Gasteiger partial charge on any atom is 0.193 e. The van der Waals surface area contributed by atoms with E-state index >= 15 is 0 Å². The van der Waals surface area contributed by atoms with E-state index in [1.54, 1.807) is 0 Å². The minimum Gasteiger partial charge on any atom is -0.357 e. The molecule has 0 bridgehead atoms. The molecule has 1 aromatic heterocycles. The largest absolute Gasteiger partial charge is 0.357 e. The fourth-order valence-electron chi connectivity index (χ4n) is 2.21. The van der Waals surface area contributed by atoms with E-state index in [0.29, 0.717) is 0 Å². The second-order valence-electron chi connectivity index (χ2n) is 5.37. The van der Waals surface area contributed by atoms with Gasteiger partial charge in [0.2, 0.25) is 0 Å². The van der Waals surface area contributed by atoms with Crippen molar-refractivity contribution in [3.8, 4) is 0 Å². The van der Waals surface area contributed by atoms with Crippen LogP contribution in [0.15, 0.2) is 42.0 Å². The summed E-state index contributed by atoms with van der Waals surface area (Å²) in [6.45, 7) is 8.55. The smallest absolute Gasteiger partial charge is 0.193 e. The number of nitrogens with zero attached hydrogens (tertiary/aromatic N) is 3. The Morgan fingerprint density at radius 1 is 1.35 bits per heavy atom. The predicted molar refractivity (Wildman–Crippen MR) is 111 cm³/mol. The summed E-state index contributed by atoms with van der Waals surface area (Å²) in [6, 6.07) is 6.01. The molecule has 4 nitrogen and oxygen atoms in total. The van der Waals surface area contributed by atoms with E-state index in [2.05, 4.69) is 35.8 Å². The minimum absolute atomic E-state index is 0. The van der Waals surface area contributed by atoms with Gasteiger partial charge >= 0.3 is 0 Å². The number of rotatable bonds is 10. The van der Waals surface area contributed by atoms with Crippen molar-refractivity contribution in [2.45, 2.75) is 39.0 Å². The van der Waals surface area contributed by atoms with Gasteiger partial charge in [-0.05, 0) is 38.3 Å². The van der Waals surface area contributed by atoms with Gasteiger partial charge in [-0.1, -0.05) is 18.6 Å². The summed E-state index contributed by atoms with van der Waals surface area (Å²) in [5.41, 5.74) is 1.09. The van der Waals surface area contributed by atoms with Crippen molar-refractivity contribution >= 4 is 29.9 Å². The van der Waals surface area contributed by atoms with E-state index in [0.717, 1.165) is 44.1 Å². The number of hydrogen-bond acceptors (Lipinski definition) is 2. The van der Waals surface area contributed by atoms with Crippen LogP contribution in [0.2, 0.25) is 0 Å². The molecule has 0 spiro atoms. The molecule has 1 heterocycles. The fourth-order valence-corrected chi connectivity index (χ4v) is 2.21. The summed E-state index contributed by atoms with van der Waals surface area (Å²) in [7, 11) is 2.11. The molecule has 0 unspecified atom stereocenters. The molecule has 23 heavy (non-hydrogen) atoms. The molecular formula is C18H31IN4. The van der Waals surface area contributed by atoms with Gasteiger partial charge in [-0.3, -0.25) is 9.98 Å². The molecule has 1 rings (SSSR count). The summed E-state index contributed by atoms with van der Waals surface area (Å²) < 4.78 is 0. The second-order valence-corrected chi connectivity index (χ2v) is 5.37. The first kappa shape index (κ1) is 21.9.